The lowest BCUT2D eigenvalue weighted by Crippen LogP contribution is -2.08. The fourth-order valence-corrected chi connectivity index (χ4v) is 2.32. The van der Waals surface area contributed by atoms with Gasteiger partial charge in [0, 0.05) is 0 Å². The summed E-state index contributed by atoms with van der Waals surface area (Å²) < 4.78 is 0. The average molecular weight is 231 g/mol. The summed E-state index contributed by atoms with van der Waals surface area (Å²) in [6.45, 7) is 4.39. The van der Waals surface area contributed by atoms with E-state index < -0.39 is 0 Å². The first kappa shape index (κ1) is 12.2. The maximum atomic E-state index is 5.96. The summed E-state index contributed by atoms with van der Waals surface area (Å²) in [5.41, 5.74) is 3.86. The van der Waals surface area contributed by atoms with Crippen LogP contribution in [0.4, 0.5) is 0 Å². The zero-order chi connectivity index (χ0) is 10.6. The van der Waals surface area contributed by atoms with Crippen LogP contribution in [-0.2, 0) is 0 Å². The van der Waals surface area contributed by atoms with Crippen molar-refractivity contribution in [3.63, 3.8) is 0 Å². The standard InChI is InChI=1S/C11H17BCl2/c1-3-4-5-10-8-9(2)6-7-11(10)12(13)14/h6H,3-5,7-8H2,1-2H3. The summed E-state index contributed by atoms with van der Waals surface area (Å²) in [5, 5.41) is 0. The molecule has 3 heteroatoms. The summed E-state index contributed by atoms with van der Waals surface area (Å²) in [4.78, 5) is 0. The Morgan fingerprint density at radius 1 is 1.43 bits per heavy atom. The Balaban J connectivity index is 2.69. The zero-order valence-electron chi connectivity index (χ0n) is 8.95. The Hall–Kier alpha value is 0.125. The number of hydrogen-bond acceptors (Lipinski definition) is 0. The molecule has 0 fully saturated rings. The Bertz CT molecular complexity index is 254. The monoisotopic (exact) mass is 230 g/mol. The van der Waals surface area contributed by atoms with Gasteiger partial charge in [0.25, 0.3) is 0 Å². The van der Waals surface area contributed by atoms with E-state index in [0.29, 0.717) is 0 Å². The van der Waals surface area contributed by atoms with Gasteiger partial charge in [0.15, 0.2) is 0 Å². The molecule has 0 nitrogen and oxygen atoms in total. The number of halogens is 2. The molecule has 0 bridgehead atoms. The third kappa shape index (κ3) is 3.36. The van der Waals surface area contributed by atoms with Crippen molar-refractivity contribution in [3.05, 3.63) is 22.7 Å². The Morgan fingerprint density at radius 2 is 2.14 bits per heavy atom. The van der Waals surface area contributed by atoms with E-state index in [1.807, 2.05) is 0 Å². The van der Waals surface area contributed by atoms with Crippen LogP contribution in [0.2, 0.25) is 0 Å². The highest BCUT2D eigenvalue weighted by molar-refractivity contribution is 7.37. The molecular formula is C11H17BCl2. The molecule has 0 aliphatic heterocycles. The van der Waals surface area contributed by atoms with E-state index in [9.17, 15) is 0 Å². The minimum Gasteiger partial charge on any atom is -0.165 e. The highest BCUT2D eigenvalue weighted by atomic mass is 35.5. The van der Waals surface area contributed by atoms with E-state index in [2.05, 4.69) is 19.9 Å². The van der Waals surface area contributed by atoms with Crippen molar-refractivity contribution in [1.29, 1.82) is 0 Å². The van der Waals surface area contributed by atoms with Crippen molar-refractivity contribution in [3.8, 4) is 0 Å². The number of hydrogen-bond donors (Lipinski definition) is 0. The molecule has 14 heavy (non-hydrogen) atoms. The quantitative estimate of drug-likeness (QED) is 0.485. The lowest BCUT2D eigenvalue weighted by Gasteiger charge is -2.19. The molecule has 0 aromatic heterocycles. The van der Waals surface area contributed by atoms with E-state index in [1.165, 1.54) is 29.5 Å². The fraction of sp³-hybridized carbons (Fsp3) is 0.636. The van der Waals surface area contributed by atoms with Gasteiger partial charge in [0.2, 0.25) is 0 Å². The summed E-state index contributed by atoms with van der Waals surface area (Å²) >= 11 is 11.9. The Kier molecular flexibility index (Phi) is 5.12. The second-order valence-corrected chi connectivity index (χ2v) is 5.06. The van der Waals surface area contributed by atoms with Crippen molar-refractivity contribution in [2.75, 3.05) is 0 Å². The van der Waals surface area contributed by atoms with E-state index in [4.69, 9.17) is 22.9 Å². The second kappa shape index (κ2) is 5.87. The van der Waals surface area contributed by atoms with E-state index >= 15 is 0 Å². The number of unbranched alkanes of at least 4 members (excludes halogenated alkanes) is 1. The van der Waals surface area contributed by atoms with Crippen LogP contribution in [0.25, 0.3) is 0 Å². The normalized spacial score (nSPS) is 17.0. The maximum Gasteiger partial charge on any atom is 0.379 e. The zero-order valence-corrected chi connectivity index (χ0v) is 10.5. The molecule has 0 aromatic rings. The van der Waals surface area contributed by atoms with Crippen LogP contribution in [0.1, 0.15) is 46.0 Å². The molecule has 0 heterocycles. The van der Waals surface area contributed by atoms with Gasteiger partial charge in [-0.25, -0.2) is 0 Å². The largest absolute Gasteiger partial charge is 0.379 e. The first-order valence-corrected chi connectivity index (χ1v) is 6.17. The predicted octanol–water partition coefficient (Wildman–Crippen LogP) is 4.72. The molecule has 1 aliphatic carbocycles. The summed E-state index contributed by atoms with van der Waals surface area (Å²) in [5.74, 6) is 0. The Labute approximate surface area is 97.3 Å². The lowest BCUT2D eigenvalue weighted by atomic mass is 9.77. The SMILES string of the molecule is CCCCC1=C(B(Cl)Cl)CC=C(C)C1. The van der Waals surface area contributed by atoms with Gasteiger partial charge in [-0.3, -0.25) is 0 Å². The summed E-state index contributed by atoms with van der Waals surface area (Å²) in [6.07, 6.45) is 7.89. The van der Waals surface area contributed by atoms with Gasteiger partial charge >= 0.3 is 5.54 Å². The van der Waals surface area contributed by atoms with Gasteiger partial charge in [0.05, 0.1) is 0 Å². The van der Waals surface area contributed by atoms with Crippen LogP contribution in [0.15, 0.2) is 22.7 Å². The van der Waals surface area contributed by atoms with Crippen molar-refractivity contribution in [1.82, 2.24) is 0 Å². The molecular weight excluding hydrogens is 214 g/mol. The molecule has 0 atom stereocenters. The molecule has 0 saturated carbocycles. The first-order valence-electron chi connectivity index (χ1n) is 5.29. The molecule has 0 saturated heterocycles. The van der Waals surface area contributed by atoms with Crippen molar-refractivity contribution >= 4 is 28.5 Å². The molecule has 0 radical (unpaired) electrons. The van der Waals surface area contributed by atoms with Gasteiger partial charge in [-0.2, -0.15) is 22.9 Å². The van der Waals surface area contributed by atoms with Gasteiger partial charge in [-0.05, 0) is 32.6 Å². The van der Waals surface area contributed by atoms with Gasteiger partial charge in [-0.15, -0.1) is 0 Å². The fourth-order valence-electron chi connectivity index (χ4n) is 1.83. The van der Waals surface area contributed by atoms with Crippen LogP contribution in [0.3, 0.4) is 0 Å². The predicted molar refractivity (Wildman–Crippen MR) is 67.0 cm³/mol. The second-order valence-electron chi connectivity index (χ2n) is 3.96. The molecule has 78 valence electrons. The van der Waals surface area contributed by atoms with Crippen LogP contribution >= 0.6 is 22.9 Å². The third-order valence-corrected chi connectivity index (χ3v) is 3.24. The molecule has 1 rings (SSSR count). The molecule has 0 aromatic carbocycles. The van der Waals surface area contributed by atoms with Crippen LogP contribution < -0.4 is 0 Å². The van der Waals surface area contributed by atoms with Crippen LogP contribution in [0.5, 0.6) is 0 Å². The van der Waals surface area contributed by atoms with E-state index in [-0.39, 0.29) is 5.54 Å². The molecule has 0 unspecified atom stereocenters. The summed E-state index contributed by atoms with van der Waals surface area (Å²) in [6, 6.07) is 0. The molecule has 0 N–H and O–H groups in total. The summed E-state index contributed by atoms with van der Waals surface area (Å²) in [7, 11) is 0. The van der Waals surface area contributed by atoms with Gasteiger partial charge in [-0.1, -0.05) is 36.0 Å². The Morgan fingerprint density at radius 3 is 2.71 bits per heavy atom. The van der Waals surface area contributed by atoms with E-state index in [0.717, 1.165) is 19.3 Å². The highest BCUT2D eigenvalue weighted by Crippen LogP contribution is 2.31. The highest BCUT2D eigenvalue weighted by Gasteiger charge is 2.19. The topological polar surface area (TPSA) is 0 Å². The van der Waals surface area contributed by atoms with Gasteiger partial charge in [0.1, 0.15) is 0 Å². The molecule has 0 amide bonds. The first-order chi connectivity index (χ1) is 6.65. The van der Waals surface area contributed by atoms with Crippen molar-refractivity contribution in [2.45, 2.75) is 46.0 Å². The van der Waals surface area contributed by atoms with Gasteiger partial charge < -0.3 is 0 Å². The van der Waals surface area contributed by atoms with Crippen LogP contribution in [-0.4, -0.2) is 5.54 Å². The third-order valence-electron chi connectivity index (χ3n) is 2.71. The minimum absolute atomic E-state index is 0.314. The maximum absolute atomic E-state index is 5.96. The molecule has 1 aliphatic rings. The minimum atomic E-state index is -0.314. The van der Waals surface area contributed by atoms with Crippen molar-refractivity contribution < 1.29 is 0 Å². The lowest BCUT2D eigenvalue weighted by molar-refractivity contribution is 0.759. The molecule has 0 spiro atoms. The average Bonchev–Trinajstić information content (AvgIpc) is 2.14. The van der Waals surface area contributed by atoms with E-state index in [1.54, 1.807) is 0 Å². The van der Waals surface area contributed by atoms with Crippen molar-refractivity contribution in [2.24, 2.45) is 0 Å². The number of allylic oxidation sites excluding steroid dienone is 4. The smallest absolute Gasteiger partial charge is 0.165 e. The number of rotatable bonds is 4. The van der Waals surface area contributed by atoms with Crippen LogP contribution in [0, 0.1) is 0 Å².